The van der Waals surface area contributed by atoms with Gasteiger partial charge in [-0.1, -0.05) is 0 Å². The normalized spacial score (nSPS) is 11.5. The molecule has 2 heterocycles. The molecular formula is C9H14N8O2S. The van der Waals surface area contributed by atoms with E-state index in [1.807, 2.05) is 0 Å². The average Bonchev–Trinajstić information content (AvgIpc) is 2.88. The van der Waals surface area contributed by atoms with Crippen LogP contribution in [-0.2, 0) is 9.84 Å². The number of rotatable bonds is 5. The maximum atomic E-state index is 11.2. The van der Waals surface area contributed by atoms with E-state index in [0.717, 1.165) is 0 Å². The maximum Gasteiger partial charge on any atom is 0.258 e. The zero-order valence-corrected chi connectivity index (χ0v) is 11.8. The molecule has 0 aliphatic carbocycles. The number of nitrogen functional groups attached to an aromatic ring is 1. The van der Waals surface area contributed by atoms with Crippen molar-refractivity contribution in [2.75, 3.05) is 36.2 Å². The maximum absolute atomic E-state index is 11.2. The van der Waals surface area contributed by atoms with E-state index in [1.165, 1.54) is 23.6 Å². The summed E-state index contributed by atoms with van der Waals surface area (Å²) in [6.45, 7) is 0.249. The Morgan fingerprint density at radius 3 is 2.70 bits per heavy atom. The summed E-state index contributed by atoms with van der Waals surface area (Å²) in [6.07, 6.45) is 3.94. The Kier molecular flexibility index (Phi) is 3.79. The highest BCUT2D eigenvalue weighted by Gasteiger charge is 2.12. The molecule has 108 valence electrons. The molecule has 0 spiro atoms. The molecule has 10 nitrogen and oxygen atoms in total. The van der Waals surface area contributed by atoms with Gasteiger partial charge >= 0.3 is 0 Å². The molecule has 0 aromatic carbocycles. The first-order valence-electron chi connectivity index (χ1n) is 5.60. The van der Waals surface area contributed by atoms with Crippen LogP contribution in [0.4, 0.5) is 11.9 Å². The van der Waals surface area contributed by atoms with Gasteiger partial charge in [0, 0.05) is 19.8 Å². The third-order valence-electron chi connectivity index (χ3n) is 2.39. The highest BCUT2D eigenvalue weighted by Crippen LogP contribution is 2.09. The van der Waals surface area contributed by atoms with Gasteiger partial charge in [0.2, 0.25) is 11.9 Å². The van der Waals surface area contributed by atoms with Gasteiger partial charge in [-0.05, 0) is 0 Å². The molecule has 0 unspecified atom stereocenters. The van der Waals surface area contributed by atoms with Gasteiger partial charge in [-0.15, -0.1) is 0 Å². The molecule has 2 rings (SSSR count). The van der Waals surface area contributed by atoms with Crippen molar-refractivity contribution in [1.82, 2.24) is 29.7 Å². The molecule has 2 N–H and O–H groups in total. The standard InChI is InChI=1S/C9H14N8O2S/c1-16(3-4-20(2,18)19)8-13-7(10)14-9(15-8)17-6-11-5-12-17/h5-6H,3-4H2,1-2H3,(H2,10,13,14,15). The van der Waals surface area contributed by atoms with E-state index in [0.29, 0.717) is 0 Å². The lowest BCUT2D eigenvalue weighted by molar-refractivity contribution is 0.600. The minimum Gasteiger partial charge on any atom is -0.368 e. The monoisotopic (exact) mass is 298 g/mol. The van der Waals surface area contributed by atoms with Crippen LogP contribution in [0.2, 0.25) is 0 Å². The second kappa shape index (κ2) is 5.36. The van der Waals surface area contributed by atoms with Crippen molar-refractivity contribution in [3.63, 3.8) is 0 Å². The van der Waals surface area contributed by atoms with Crippen LogP contribution in [0.25, 0.3) is 5.95 Å². The van der Waals surface area contributed by atoms with E-state index in [4.69, 9.17) is 5.73 Å². The first kappa shape index (κ1) is 14.1. The van der Waals surface area contributed by atoms with Gasteiger partial charge in [0.25, 0.3) is 5.95 Å². The van der Waals surface area contributed by atoms with Gasteiger partial charge < -0.3 is 10.6 Å². The fraction of sp³-hybridized carbons (Fsp3) is 0.444. The average molecular weight is 298 g/mol. The number of nitrogens with two attached hydrogens (primary N) is 1. The van der Waals surface area contributed by atoms with Crippen molar-refractivity contribution in [3.8, 4) is 5.95 Å². The molecule has 2 aromatic heterocycles. The van der Waals surface area contributed by atoms with Gasteiger partial charge in [0.1, 0.15) is 22.5 Å². The van der Waals surface area contributed by atoms with E-state index >= 15 is 0 Å². The van der Waals surface area contributed by atoms with E-state index in [9.17, 15) is 8.42 Å². The molecule has 20 heavy (non-hydrogen) atoms. The van der Waals surface area contributed by atoms with Crippen LogP contribution in [0.15, 0.2) is 12.7 Å². The SMILES string of the molecule is CN(CCS(C)(=O)=O)c1nc(N)nc(-n2cncn2)n1. The van der Waals surface area contributed by atoms with Crippen molar-refractivity contribution in [3.05, 3.63) is 12.7 Å². The summed E-state index contributed by atoms with van der Waals surface area (Å²) in [4.78, 5) is 17.4. The third kappa shape index (κ3) is 3.60. The zero-order valence-electron chi connectivity index (χ0n) is 11.0. The lowest BCUT2D eigenvalue weighted by Gasteiger charge is -2.16. The molecule has 0 fully saturated rings. The number of sulfone groups is 1. The molecule has 0 amide bonds. The Balaban J connectivity index is 2.24. The highest BCUT2D eigenvalue weighted by molar-refractivity contribution is 7.90. The molecular weight excluding hydrogens is 284 g/mol. The number of aromatic nitrogens is 6. The molecule has 0 bridgehead atoms. The molecule has 0 saturated carbocycles. The van der Waals surface area contributed by atoms with Crippen molar-refractivity contribution in [2.45, 2.75) is 0 Å². The van der Waals surface area contributed by atoms with Crippen LogP contribution in [0, 0.1) is 0 Å². The molecule has 11 heteroatoms. The summed E-state index contributed by atoms with van der Waals surface area (Å²) in [7, 11) is -1.39. The van der Waals surface area contributed by atoms with Gasteiger partial charge in [0.15, 0.2) is 0 Å². The number of anilines is 2. The van der Waals surface area contributed by atoms with Gasteiger partial charge in [-0.3, -0.25) is 0 Å². The summed E-state index contributed by atoms with van der Waals surface area (Å²) >= 11 is 0. The fourth-order valence-corrected chi connectivity index (χ4v) is 1.96. The number of nitrogens with zero attached hydrogens (tertiary/aromatic N) is 7. The summed E-state index contributed by atoms with van der Waals surface area (Å²) in [5, 5.41) is 3.90. The van der Waals surface area contributed by atoms with E-state index in [-0.39, 0.29) is 30.1 Å². The predicted octanol–water partition coefficient (Wildman–Crippen LogP) is -1.48. The molecule has 0 aliphatic heterocycles. The summed E-state index contributed by atoms with van der Waals surface area (Å²) in [5.74, 6) is 0.503. The molecule has 0 saturated heterocycles. The van der Waals surface area contributed by atoms with Crippen molar-refractivity contribution in [2.24, 2.45) is 0 Å². The smallest absolute Gasteiger partial charge is 0.258 e. The lowest BCUT2D eigenvalue weighted by atomic mass is 10.6. The zero-order chi connectivity index (χ0) is 14.8. The molecule has 0 aliphatic rings. The first-order valence-corrected chi connectivity index (χ1v) is 7.66. The molecule has 0 radical (unpaired) electrons. The lowest BCUT2D eigenvalue weighted by Crippen LogP contribution is -2.27. The fourth-order valence-electron chi connectivity index (χ4n) is 1.36. The van der Waals surface area contributed by atoms with Gasteiger partial charge in [-0.25, -0.2) is 13.4 Å². The Hall–Kier alpha value is -2.30. The van der Waals surface area contributed by atoms with E-state index in [2.05, 4.69) is 25.0 Å². The van der Waals surface area contributed by atoms with Crippen LogP contribution in [0.5, 0.6) is 0 Å². The summed E-state index contributed by atoms with van der Waals surface area (Å²) in [5.41, 5.74) is 5.62. The second-order valence-corrected chi connectivity index (χ2v) is 6.44. The van der Waals surface area contributed by atoms with E-state index in [1.54, 1.807) is 11.9 Å². The topological polar surface area (TPSA) is 133 Å². The second-order valence-electron chi connectivity index (χ2n) is 4.19. The quantitative estimate of drug-likeness (QED) is 0.701. The van der Waals surface area contributed by atoms with Crippen LogP contribution in [0.3, 0.4) is 0 Å². The third-order valence-corrected chi connectivity index (χ3v) is 3.32. The van der Waals surface area contributed by atoms with Crippen molar-refractivity contribution >= 4 is 21.7 Å². The number of hydrogen-bond acceptors (Lipinski definition) is 9. The van der Waals surface area contributed by atoms with Crippen molar-refractivity contribution < 1.29 is 8.42 Å². The van der Waals surface area contributed by atoms with Crippen molar-refractivity contribution in [1.29, 1.82) is 0 Å². The summed E-state index contributed by atoms with van der Waals surface area (Å²) < 4.78 is 23.7. The predicted molar refractivity (Wildman–Crippen MR) is 72.1 cm³/mol. The Morgan fingerprint density at radius 2 is 2.10 bits per heavy atom. The summed E-state index contributed by atoms with van der Waals surface area (Å²) in [6, 6.07) is 0. The number of hydrogen-bond donors (Lipinski definition) is 1. The van der Waals surface area contributed by atoms with Gasteiger partial charge in [-0.2, -0.15) is 24.7 Å². The van der Waals surface area contributed by atoms with E-state index < -0.39 is 9.84 Å². The Bertz CT molecular complexity index is 684. The highest BCUT2D eigenvalue weighted by atomic mass is 32.2. The van der Waals surface area contributed by atoms with Crippen LogP contribution < -0.4 is 10.6 Å². The van der Waals surface area contributed by atoms with Gasteiger partial charge in [0.05, 0.1) is 5.75 Å². The van der Waals surface area contributed by atoms with Crippen LogP contribution >= 0.6 is 0 Å². The minimum atomic E-state index is -3.06. The minimum absolute atomic E-state index is 0.00620. The Morgan fingerprint density at radius 1 is 1.35 bits per heavy atom. The largest absolute Gasteiger partial charge is 0.368 e. The Labute approximate surface area is 115 Å². The molecule has 2 aromatic rings. The molecule has 0 atom stereocenters. The van der Waals surface area contributed by atoms with Crippen LogP contribution in [0.1, 0.15) is 0 Å². The van der Waals surface area contributed by atoms with Crippen LogP contribution in [-0.4, -0.2) is 63.7 Å². The first-order chi connectivity index (χ1) is 9.35.